The average molecular weight is 324 g/mol. The lowest BCUT2D eigenvalue weighted by Gasteiger charge is -2.10. The van der Waals surface area contributed by atoms with Crippen molar-refractivity contribution in [1.29, 1.82) is 5.26 Å². The lowest BCUT2D eigenvalue weighted by Crippen LogP contribution is -2.19. The Hall–Kier alpha value is -3.33. The van der Waals surface area contributed by atoms with Gasteiger partial charge in [-0.1, -0.05) is 12.1 Å². The minimum atomic E-state index is -0.538. The Morgan fingerprint density at radius 1 is 1.12 bits per heavy atom. The zero-order valence-corrected chi connectivity index (χ0v) is 13.3. The van der Waals surface area contributed by atoms with Gasteiger partial charge in [-0.3, -0.25) is 4.79 Å². The standard InChI is InChI=1S/C18H16N2O4/c1-12(21)20-11-13-3-6-15(7-4-13)18(22)24-16-8-5-14(10-19)9-17(16)23-2/h3-9H,11H2,1-2H3,(H,20,21). The first kappa shape index (κ1) is 17.0. The lowest BCUT2D eigenvalue weighted by atomic mass is 10.1. The van der Waals surface area contributed by atoms with E-state index >= 15 is 0 Å². The molecule has 0 aliphatic heterocycles. The van der Waals surface area contributed by atoms with Crippen LogP contribution in [0.4, 0.5) is 0 Å². The topological polar surface area (TPSA) is 88.4 Å². The van der Waals surface area contributed by atoms with E-state index in [1.807, 2.05) is 6.07 Å². The fourth-order valence-corrected chi connectivity index (χ4v) is 1.97. The predicted molar refractivity (Wildman–Crippen MR) is 86.6 cm³/mol. The summed E-state index contributed by atoms with van der Waals surface area (Å²) in [5.74, 6) is -0.107. The second kappa shape index (κ2) is 7.79. The van der Waals surface area contributed by atoms with Gasteiger partial charge in [0, 0.05) is 19.5 Å². The first-order chi connectivity index (χ1) is 11.5. The smallest absolute Gasteiger partial charge is 0.343 e. The molecule has 0 heterocycles. The molecule has 6 heteroatoms. The van der Waals surface area contributed by atoms with Crippen molar-refractivity contribution in [2.24, 2.45) is 0 Å². The van der Waals surface area contributed by atoms with Crippen LogP contribution >= 0.6 is 0 Å². The first-order valence-corrected chi connectivity index (χ1v) is 7.17. The normalized spacial score (nSPS) is 9.71. The minimum Gasteiger partial charge on any atom is -0.493 e. The van der Waals surface area contributed by atoms with E-state index in [1.54, 1.807) is 30.3 Å². The number of carbonyl (C=O) groups is 2. The SMILES string of the molecule is COc1cc(C#N)ccc1OC(=O)c1ccc(CNC(C)=O)cc1. The third-order valence-corrected chi connectivity index (χ3v) is 3.23. The highest BCUT2D eigenvalue weighted by Crippen LogP contribution is 2.28. The molecule has 0 fully saturated rings. The van der Waals surface area contributed by atoms with Crippen LogP contribution in [0.5, 0.6) is 11.5 Å². The number of esters is 1. The van der Waals surface area contributed by atoms with Crippen LogP contribution < -0.4 is 14.8 Å². The molecule has 24 heavy (non-hydrogen) atoms. The van der Waals surface area contributed by atoms with Crippen LogP contribution in [-0.2, 0) is 11.3 Å². The Kier molecular flexibility index (Phi) is 5.53. The van der Waals surface area contributed by atoms with Gasteiger partial charge in [0.05, 0.1) is 24.3 Å². The van der Waals surface area contributed by atoms with E-state index < -0.39 is 5.97 Å². The number of rotatable bonds is 5. The number of benzene rings is 2. The Balaban J connectivity index is 2.10. The molecule has 0 unspecified atom stereocenters. The second-order valence-corrected chi connectivity index (χ2v) is 4.97. The van der Waals surface area contributed by atoms with Gasteiger partial charge in [0.1, 0.15) is 0 Å². The number of ether oxygens (including phenoxy) is 2. The van der Waals surface area contributed by atoms with E-state index in [-0.39, 0.29) is 11.7 Å². The molecular weight excluding hydrogens is 308 g/mol. The molecular formula is C18H16N2O4. The number of nitriles is 1. The average Bonchev–Trinajstić information content (AvgIpc) is 2.60. The highest BCUT2D eigenvalue weighted by Gasteiger charge is 2.13. The van der Waals surface area contributed by atoms with Crippen LogP contribution in [0.1, 0.15) is 28.4 Å². The number of hydrogen-bond acceptors (Lipinski definition) is 5. The zero-order valence-electron chi connectivity index (χ0n) is 13.3. The van der Waals surface area contributed by atoms with Gasteiger partial charge in [0.25, 0.3) is 0 Å². The Morgan fingerprint density at radius 2 is 1.83 bits per heavy atom. The Labute approximate surface area is 139 Å². The highest BCUT2D eigenvalue weighted by atomic mass is 16.6. The zero-order chi connectivity index (χ0) is 17.5. The molecule has 1 amide bonds. The van der Waals surface area contributed by atoms with Crippen LogP contribution in [-0.4, -0.2) is 19.0 Å². The fourth-order valence-electron chi connectivity index (χ4n) is 1.97. The largest absolute Gasteiger partial charge is 0.493 e. The summed E-state index contributed by atoms with van der Waals surface area (Å²) >= 11 is 0. The van der Waals surface area contributed by atoms with Gasteiger partial charge in [0.2, 0.25) is 5.91 Å². The summed E-state index contributed by atoms with van der Waals surface area (Å²) in [6.07, 6.45) is 0. The minimum absolute atomic E-state index is 0.119. The summed E-state index contributed by atoms with van der Waals surface area (Å²) in [6.45, 7) is 1.84. The molecule has 6 nitrogen and oxygen atoms in total. The number of carbonyl (C=O) groups excluding carboxylic acids is 2. The van der Waals surface area contributed by atoms with Crippen molar-refractivity contribution in [3.63, 3.8) is 0 Å². The van der Waals surface area contributed by atoms with Gasteiger partial charge in [0.15, 0.2) is 11.5 Å². The molecule has 0 bridgehead atoms. The highest BCUT2D eigenvalue weighted by molar-refractivity contribution is 5.91. The van der Waals surface area contributed by atoms with Crippen molar-refractivity contribution in [2.45, 2.75) is 13.5 Å². The maximum absolute atomic E-state index is 12.2. The van der Waals surface area contributed by atoms with Crippen molar-refractivity contribution in [3.8, 4) is 17.6 Å². The van der Waals surface area contributed by atoms with Crippen LogP contribution in [0.25, 0.3) is 0 Å². The molecule has 0 atom stereocenters. The molecule has 0 saturated heterocycles. The Bertz CT molecular complexity index is 792. The molecule has 2 aromatic rings. The summed E-state index contributed by atoms with van der Waals surface area (Å²) in [5, 5.41) is 11.6. The fraction of sp³-hybridized carbons (Fsp3) is 0.167. The van der Waals surface area contributed by atoms with Crippen LogP contribution in [0.2, 0.25) is 0 Å². The summed E-state index contributed by atoms with van der Waals surface area (Å²) < 4.78 is 10.4. The summed E-state index contributed by atoms with van der Waals surface area (Å²) in [7, 11) is 1.44. The van der Waals surface area contributed by atoms with Gasteiger partial charge in [-0.05, 0) is 29.8 Å². The third kappa shape index (κ3) is 4.34. The number of methoxy groups -OCH3 is 1. The van der Waals surface area contributed by atoms with Crippen molar-refractivity contribution in [1.82, 2.24) is 5.32 Å². The van der Waals surface area contributed by atoms with Crippen LogP contribution in [0, 0.1) is 11.3 Å². The maximum Gasteiger partial charge on any atom is 0.343 e. The van der Waals surface area contributed by atoms with Crippen molar-refractivity contribution in [3.05, 3.63) is 59.2 Å². The monoisotopic (exact) mass is 324 g/mol. The van der Waals surface area contributed by atoms with Gasteiger partial charge >= 0.3 is 5.97 Å². The van der Waals surface area contributed by atoms with E-state index in [0.717, 1.165) is 5.56 Å². The molecule has 2 rings (SSSR count). The van der Waals surface area contributed by atoms with Gasteiger partial charge in [-0.15, -0.1) is 0 Å². The third-order valence-electron chi connectivity index (χ3n) is 3.23. The van der Waals surface area contributed by atoms with Gasteiger partial charge in [-0.25, -0.2) is 4.79 Å². The van der Waals surface area contributed by atoms with Crippen LogP contribution in [0.15, 0.2) is 42.5 Å². The van der Waals surface area contributed by atoms with Crippen LogP contribution in [0.3, 0.4) is 0 Å². The Morgan fingerprint density at radius 3 is 2.42 bits per heavy atom. The summed E-state index contributed by atoms with van der Waals surface area (Å²) in [5.41, 5.74) is 1.65. The molecule has 122 valence electrons. The molecule has 0 aliphatic rings. The van der Waals surface area contributed by atoms with Gasteiger partial charge < -0.3 is 14.8 Å². The number of hydrogen-bond donors (Lipinski definition) is 1. The maximum atomic E-state index is 12.2. The van der Waals surface area contributed by atoms with Crippen molar-refractivity contribution < 1.29 is 19.1 Å². The lowest BCUT2D eigenvalue weighted by molar-refractivity contribution is -0.119. The molecule has 0 spiro atoms. The number of nitrogens with zero attached hydrogens (tertiary/aromatic N) is 1. The second-order valence-electron chi connectivity index (χ2n) is 4.97. The first-order valence-electron chi connectivity index (χ1n) is 7.17. The summed E-state index contributed by atoms with van der Waals surface area (Å²) in [4.78, 5) is 23.1. The van der Waals surface area contributed by atoms with E-state index in [2.05, 4.69) is 5.32 Å². The molecule has 0 radical (unpaired) electrons. The molecule has 0 aliphatic carbocycles. The summed E-state index contributed by atoms with van der Waals surface area (Å²) in [6, 6.07) is 13.3. The van der Waals surface area contributed by atoms with Crippen molar-refractivity contribution in [2.75, 3.05) is 7.11 Å². The van der Waals surface area contributed by atoms with Gasteiger partial charge in [-0.2, -0.15) is 5.26 Å². The number of amides is 1. The number of nitrogens with one attached hydrogen (secondary N) is 1. The molecule has 0 aromatic heterocycles. The molecule has 0 saturated carbocycles. The predicted octanol–water partition coefficient (Wildman–Crippen LogP) is 2.42. The quantitative estimate of drug-likeness (QED) is 0.674. The van der Waals surface area contributed by atoms with E-state index in [0.29, 0.717) is 23.4 Å². The molecule has 1 N–H and O–H groups in total. The van der Waals surface area contributed by atoms with E-state index in [9.17, 15) is 9.59 Å². The molecule has 2 aromatic carbocycles. The van der Waals surface area contributed by atoms with E-state index in [1.165, 1.54) is 26.2 Å². The van der Waals surface area contributed by atoms with Crippen molar-refractivity contribution >= 4 is 11.9 Å². The van der Waals surface area contributed by atoms with E-state index in [4.69, 9.17) is 14.7 Å².